The summed E-state index contributed by atoms with van der Waals surface area (Å²) >= 11 is 0. The zero-order valence-electron chi connectivity index (χ0n) is 14.3. The molecule has 1 fully saturated rings. The number of nitrogens with zero attached hydrogens (tertiary/aromatic N) is 1. The third-order valence-electron chi connectivity index (χ3n) is 3.66. The van der Waals surface area contributed by atoms with Gasteiger partial charge in [-0.2, -0.15) is 4.72 Å². The molecule has 9 heteroatoms. The number of terminal acetylenes is 1. The first kappa shape index (κ1) is 19.9. The Kier molecular flexibility index (Phi) is 6.74. The van der Waals surface area contributed by atoms with E-state index in [0.29, 0.717) is 19.7 Å². The van der Waals surface area contributed by atoms with Gasteiger partial charge in [-0.1, -0.05) is 12.0 Å². The van der Waals surface area contributed by atoms with Gasteiger partial charge in [0, 0.05) is 13.1 Å². The van der Waals surface area contributed by atoms with E-state index >= 15 is 0 Å². The number of ether oxygens (including phenoxy) is 2. The molecule has 0 spiro atoms. The summed E-state index contributed by atoms with van der Waals surface area (Å²) in [4.78, 5) is 25.7. The van der Waals surface area contributed by atoms with E-state index in [9.17, 15) is 18.0 Å². The molecule has 1 aliphatic rings. The van der Waals surface area contributed by atoms with Crippen molar-refractivity contribution in [3.05, 3.63) is 29.8 Å². The molecule has 26 heavy (non-hydrogen) atoms. The molecule has 1 unspecified atom stereocenters. The first-order valence-corrected chi connectivity index (χ1v) is 9.41. The van der Waals surface area contributed by atoms with Crippen molar-refractivity contribution in [2.24, 2.45) is 0 Å². The summed E-state index contributed by atoms with van der Waals surface area (Å²) < 4.78 is 36.6. The van der Waals surface area contributed by atoms with Crippen molar-refractivity contribution in [1.29, 1.82) is 0 Å². The lowest BCUT2D eigenvalue weighted by atomic mass is 10.2. The third-order valence-corrected chi connectivity index (χ3v) is 5.06. The first-order valence-electron chi connectivity index (χ1n) is 7.93. The highest BCUT2D eigenvalue weighted by molar-refractivity contribution is 7.89. The average molecular weight is 380 g/mol. The Labute approximate surface area is 152 Å². The molecular formula is C17H20N2O6S. The number of amides is 1. The van der Waals surface area contributed by atoms with Crippen LogP contribution in [0, 0.1) is 12.3 Å². The Hall–Kier alpha value is -2.41. The molecule has 1 heterocycles. The van der Waals surface area contributed by atoms with Crippen LogP contribution in [0.25, 0.3) is 0 Å². The van der Waals surface area contributed by atoms with E-state index in [1.54, 1.807) is 4.90 Å². The number of hydrogen-bond donors (Lipinski definition) is 1. The molecule has 1 aliphatic heterocycles. The van der Waals surface area contributed by atoms with Crippen molar-refractivity contribution in [2.75, 3.05) is 32.8 Å². The quantitative estimate of drug-likeness (QED) is 0.551. The molecule has 1 amide bonds. The highest BCUT2D eigenvalue weighted by atomic mass is 32.2. The minimum Gasteiger partial charge on any atom is -0.452 e. The van der Waals surface area contributed by atoms with Crippen molar-refractivity contribution >= 4 is 21.9 Å². The van der Waals surface area contributed by atoms with Crippen LogP contribution in [0.2, 0.25) is 0 Å². The number of hydrogen-bond acceptors (Lipinski definition) is 6. The molecular weight excluding hydrogens is 360 g/mol. The Morgan fingerprint density at radius 2 is 2.23 bits per heavy atom. The molecule has 140 valence electrons. The number of rotatable bonds is 6. The standard InChI is InChI=1S/C17H20N2O6S/c1-3-7-18-26(22,23)15-6-4-5-14(10-15)17(21)25-12-16(20)19-8-9-24-13(2)11-19/h1,4-6,10,13,18H,7-9,11-12H2,2H3. The maximum absolute atomic E-state index is 12.1. The highest BCUT2D eigenvalue weighted by Gasteiger charge is 2.23. The van der Waals surface area contributed by atoms with E-state index in [1.807, 2.05) is 6.92 Å². The van der Waals surface area contributed by atoms with Gasteiger partial charge in [0.2, 0.25) is 10.0 Å². The average Bonchev–Trinajstić information content (AvgIpc) is 2.64. The molecule has 0 aromatic heterocycles. The van der Waals surface area contributed by atoms with Crippen LogP contribution in [0.5, 0.6) is 0 Å². The Morgan fingerprint density at radius 1 is 1.46 bits per heavy atom. The van der Waals surface area contributed by atoms with Crippen LogP contribution in [0.15, 0.2) is 29.2 Å². The Balaban J connectivity index is 1.98. The summed E-state index contributed by atoms with van der Waals surface area (Å²) in [6.45, 7) is 2.58. The maximum Gasteiger partial charge on any atom is 0.338 e. The highest BCUT2D eigenvalue weighted by Crippen LogP contribution is 2.13. The van der Waals surface area contributed by atoms with Crippen molar-refractivity contribution in [3.8, 4) is 12.3 Å². The Morgan fingerprint density at radius 3 is 2.92 bits per heavy atom. The molecule has 1 aromatic rings. The van der Waals surface area contributed by atoms with E-state index in [4.69, 9.17) is 15.9 Å². The lowest BCUT2D eigenvalue weighted by Crippen LogP contribution is -2.46. The summed E-state index contributed by atoms with van der Waals surface area (Å²) in [5, 5.41) is 0. The summed E-state index contributed by atoms with van der Waals surface area (Å²) in [7, 11) is -3.82. The van der Waals surface area contributed by atoms with Crippen molar-refractivity contribution < 1.29 is 27.5 Å². The second-order valence-electron chi connectivity index (χ2n) is 5.65. The molecule has 1 atom stereocenters. The van der Waals surface area contributed by atoms with Crippen LogP contribution < -0.4 is 4.72 Å². The van der Waals surface area contributed by atoms with Gasteiger partial charge in [0.15, 0.2) is 6.61 Å². The van der Waals surface area contributed by atoms with Crippen LogP contribution in [0.1, 0.15) is 17.3 Å². The van der Waals surface area contributed by atoms with Crippen LogP contribution in [-0.2, 0) is 24.3 Å². The van der Waals surface area contributed by atoms with Crippen molar-refractivity contribution in [3.63, 3.8) is 0 Å². The lowest BCUT2D eigenvalue weighted by Gasteiger charge is -2.30. The van der Waals surface area contributed by atoms with Crippen molar-refractivity contribution in [2.45, 2.75) is 17.9 Å². The first-order chi connectivity index (χ1) is 12.3. The Bertz CT molecular complexity index is 815. The van der Waals surface area contributed by atoms with Crippen molar-refractivity contribution in [1.82, 2.24) is 9.62 Å². The smallest absolute Gasteiger partial charge is 0.338 e. The van der Waals surface area contributed by atoms with Crippen LogP contribution >= 0.6 is 0 Å². The molecule has 1 saturated heterocycles. The predicted octanol–water partition coefficient (Wildman–Crippen LogP) is 0.00220. The van der Waals surface area contributed by atoms with Crippen LogP contribution in [-0.4, -0.2) is 64.1 Å². The van der Waals surface area contributed by atoms with E-state index in [-0.39, 0.29) is 29.0 Å². The number of nitrogens with one attached hydrogen (secondary N) is 1. The third kappa shape index (κ3) is 5.29. The maximum atomic E-state index is 12.1. The SMILES string of the molecule is C#CCNS(=O)(=O)c1cccc(C(=O)OCC(=O)N2CCOC(C)C2)c1. The summed E-state index contributed by atoms with van der Waals surface area (Å²) in [6.07, 6.45) is 4.97. The van der Waals surface area contributed by atoms with Gasteiger partial charge < -0.3 is 14.4 Å². The number of sulfonamides is 1. The number of carbonyl (C=O) groups is 2. The van der Waals surface area contributed by atoms with E-state index in [1.165, 1.54) is 24.3 Å². The minimum atomic E-state index is -3.82. The minimum absolute atomic E-state index is 0.0247. The van der Waals surface area contributed by atoms with Crippen LogP contribution in [0.3, 0.4) is 0 Å². The number of benzene rings is 1. The summed E-state index contributed by atoms with van der Waals surface area (Å²) in [5.74, 6) is 1.06. The second-order valence-corrected chi connectivity index (χ2v) is 7.42. The van der Waals surface area contributed by atoms with E-state index < -0.39 is 22.6 Å². The van der Waals surface area contributed by atoms with Gasteiger partial charge in [-0.05, 0) is 25.1 Å². The van der Waals surface area contributed by atoms with E-state index in [2.05, 4.69) is 10.6 Å². The van der Waals surface area contributed by atoms with Crippen LogP contribution in [0.4, 0.5) is 0 Å². The lowest BCUT2D eigenvalue weighted by molar-refractivity contribution is -0.141. The molecule has 2 rings (SSSR count). The van der Waals surface area contributed by atoms with Gasteiger partial charge in [-0.25, -0.2) is 13.2 Å². The van der Waals surface area contributed by atoms with Gasteiger partial charge in [0.25, 0.3) is 5.91 Å². The van der Waals surface area contributed by atoms with E-state index in [0.717, 1.165) is 0 Å². The predicted molar refractivity (Wildman–Crippen MR) is 92.7 cm³/mol. The molecule has 1 N–H and O–H groups in total. The number of esters is 1. The number of morpholine rings is 1. The summed E-state index contributed by atoms with van der Waals surface area (Å²) in [6, 6.07) is 5.31. The largest absolute Gasteiger partial charge is 0.452 e. The topological polar surface area (TPSA) is 102 Å². The second kappa shape index (κ2) is 8.80. The fourth-order valence-corrected chi connectivity index (χ4v) is 3.34. The molecule has 1 aromatic carbocycles. The van der Waals surface area contributed by atoms with Gasteiger partial charge in [-0.15, -0.1) is 6.42 Å². The molecule has 8 nitrogen and oxygen atoms in total. The van der Waals surface area contributed by atoms with Gasteiger partial charge in [-0.3, -0.25) is 4.79 Å². The molecule has 0 bridgehead atoms. The zero-order valence-corrected chi connectivity index (χ0v) is 15.1. The zero-order chi connectivity index (χ0) is 19.2. The van der Waals surface area contributed by atoms with Gasteiger partial charge in [0.05, 0.1) is 29.7 Å². The number of carbonyl (C=O) groups excluding carboxylic acids is 2. The molecule has 0 aliphatic carbocycles. The van der Waals surface area contributed by atoms with Gasteiger partial charge in [0.1, 0.15) is 0 Å². The van der Waals surface area contributed by atoms with Gasteiger partial charge >= 0.3 is 5.97 Å². The molecule has 0 saturated carbocycles. The normalized spacial score (nSPS) is 17.4. The fraction of sp³-hybridized carbons (Fsp3) is 0.412. The molecule has 0 radical (unpaired) electrons. The fourth-order valence-electron chi connectivity index (χ4n) is 2.36. The summed E-state index contributed by atoms with van der Waals surface area (Å²) in [5.41, 5.74) is 0.0247. The monoisotopic (exact) mass is 380 g/mol.